The van der Waals surface area contributed by atoms with Gasteiger partial charge in [0.1, 0.15) is 11.6 Å². The Kier molecular flexibility index (Phi) is 6.35. The first-order valence-corrected chi connectivity index (χ1v) is 9.04. The Labute approximate surface area is 153 Å². The fraction of sp³-hybridized carbons (Fsp3) is 0.474. The van der Waals surface area contributed by atoms with Crippen molar-refractivity contribution in [2.45, 2.75) is 25.7 Å². The number of carbonyl (C=O) groups is 1. The maximum Gasteiger partial charge on any atom is 0.260 e. The van der Waals surface area contributed by atoms with Crippen LogP contribution in [0.25, 0.3) is 0 Å². The van der Waals surface area contributed by atoms with Crippen molar-refractivity contribution in [3.05, 3.63) is 42.6 Å². The molecule has 26 heavy (non-hydrogen) atoms. The number of ether oxygens (including phenoxy) is 1. The lowest BCUT2D eigenvalue weighted by Gasteiger charge is -2.20. The number of rotatable bonds is 6. The van der Waals surface area contributed by atoms with Crippen molar-refractivity contribution in [1.82, 2.24) is 19.9 Å². The van der Waals surface area contributed by atoms with E-state index in [1.807, 2.05) is 18.1 Å². The summed E-state index contributed by atoms with van der Waals surface area (Å²) in [5.74, 6) is 1.96. The van der Waals surface area contributed by atoms with Gasteiger partial charge in [-0.25, -0.2) is 4.98 Å². The number of nitrogens with zero attached hydrogens (tertiary/aromatic N) is 4. The smallest absolute Gasteiger partial charge is 0.260 e. The molecular weight excluding hydrogens is 330 g/mol. The molecule has 2 aromatic rings. The van der Waals surface area contributed by atoms with Crippen LogP contribution in [0.3, 0.4) is 0 Å². The van der Waals surface area contributed by atoms with Gasteiger partial charge in [-0.3, -0.25) is 14.8 Å². The second-order valence-electron chi connectivity index (χ2n) is 6.50. The maximum absolute atomic E-state index is 12.4. The van der Waals surface area contributed by atoms with E-state index >= 15 is 0 Å². The average molecular weight is 355 g/mol. The molecule has 1 aliphatic heterocycles. The molecule has 7 heteroatoms. The van der Waals surface area contributed by atoms with Crippen LogP contribution in [0.15, 0.2) is 36.9 Å². The molecule has 1 aliphatic rings. The molecular formula is C19H25N5O2. The lowest BCUT2D eigenvalue weighted by molar-refractivity contribution is -0.133. The van der Waals surface area contributed by atoms with Crippen molar-refractivity contribution in [3.63, 3.8) is 0 Å². The van der Waals surface area contributed by atoms with Crippen molar-refractivity contribution in [3.8, 4) is 5.75 Å². The van der Waals surface area contributed by atoms with Crippen LogP contribution in [-0.2, 0) is 11.2 Å². The molecule has 1 atom stereocenters. The number of amides is 1. The normalized spacial score (nSPS) is 17.4. The summed E-state index contributed by atoms with van der Waals surface area (Å²) in [4.78, 5) is 27.1. The highest BCUT2D eigenvalue weighted by Gasteiger charge is 2.21. The summed E-state index contributed by atoms with van der Waals surface area (Å²) < 4.78 is 5.53. The number of aromatic nitrogens is 3. The molecule has 0 saturated carbocycles. The highest BCUT2D eigenvalue weighted by molar-refractivity contribution is 5.77. The van der Waals surface area contributed by atoms with Crippen LogP contribution in [0, 0.1) is 5.92 Å². The third-order valence-electron chi connectivity index (χ3n) is 4.66. The van der Waals surface area contributed by atoms with E-state index < -0.39 is 0 Å². The molecule has 1 N–H and O–H groups in total. The predicted molar refractivity (Wildman–Crippen MR) is 98.9 cm³/mol. The molecule has 1 fully saturated rings. The summed E-state index contributed by atoms with van der Waals surface area (Å²) in [6.45, 7) is 1.62. The van der Waals surface area contributed by atoms with Crippen molar-refractivity contribution < 1.29 is 9.53 Å². The minimum atomic E-state index is 0.0349. The van der Waals surface area contributed by atoms with Crippen molar-refractivity contribution in [2.75, 3.05) is 32.1 Å². The highest BCUT2D eigenvalue weighted by Crippen LogP contribution is 2.21. The number of anilines is 1. The Hall–Kier alpha value is -2.70. The summed E-state index contributed by atoms with van der Waals surface area (Å²) in [5.41, 5.74) is 1.01. The monoisotopic (exact) mass is 355 g/mol. The number of hydrogen-bond acceptors (Lipinski definition) is 6. The molecule has 7 nitrogen and oxygen atoms in total. The van der Waals surface area contributed by atoms with Gasteiger partial charge in [0.05, 0.1) is 24.3 Å². The predicted octanol–water partition coefficient (Wildman–Crippen LogP) is 2.16. The standard InChI is InChI=1S/C19H25N5O2/c1-20-18-13-22-16(11-23-18)10-15-4-3-8-24(9-6-15)19(25)14-26-17-5-2-7-21-12-17/h2,5,7,11-13,15H,3-4,6,8-10,14H2,1H3,(H,20,23)/t15-/m1/s1. The third kappa shape index (κ3) is 5.15. The van der Waals surface area contributed by atoms with E-state index in [9.17, 15) is 4.79 Å². The molecule has 3 heterocycles. The van der Waals surface area contributed by atoms with E-state index in [4.69, 9.17) is 4.74 Å². The van der Waals surface area contributed by atoms with Gasteiger partial charge in [-0.05, 0) is 43.7 Å². The number of likely N-dealkylation sites (tertiary alicyclic amines) is 1. The first-order chi connectivity index (χ1) is 12.7. The second kappa shape index (κ2) is 9.12. The Morgan fingerprint density at radius 1 is 1.27 bits per heavy atom. The van der Waals surface area contributed by atoms with Crippen LogP contribution in [-0.4, -0.2) is 52.5 Å². The molecule has 0 bridgehead atoms. The maximum atomic E-state index is 12.4. The molecule has 1 amide bonds. The zero-order chi connectivity index (χ0) is 18.2. The minimum Gasteiger partial charge on any atom is -0.482 e. The quantitative estimate of drug-likeness (QED) is 0.855. The van der Waals surface area contributed by atoms with Crippen LogP contribution in [0.2, 0.25) is 0 Å². The first kappa shape index (κ1) is 18.1. The lowest BCUT2D eigenvalue weighted by atomic mass is 9.95. The van der Waals surface area contributed by atoms with Crippen molar-refractivity contribution in [2.24, 2.45) is 5.92 Å². The average Bonchev–Trinajstić information content (AvgIpc) is 2.93. The van der Waals surface area contributed by atoms with Gasteiger partial charge in [-0.15, -0.1) is 0 Å². The second-order valence-corrected chi connectivity index (χ2v) is 6.50. The van der Waals surface area contributed by atoms with Crippen LogP contribution in [0.4, 0.5) is 5.82 Å². The Bertz CT molecular complexity index is 693. The third-order valence-corrected chi connectivity index (χ3v) is 4.66. The van der Waals surface area contributed by atoms with Gasteiger partial charge < -0.3 is 15.0 Å². The van der Waals surface area contributed by atoms with Crippen molar-refractivity contribution >= 4 is 11.7 Å². The van der Waals surface area contributed by atoms with E-state index in [1.165, 1.54) is 0 Å². The van der Waals surface area contributed by atoms with Crippen LogP contribution in [0.1, 0.15) is 25.0 Å². The molecule has 2 aromatic heterocycles. The largest absolute Gasteiger partial charge is 0.482 e. The lowest BCUT2D eigenvalue weighted by Crippen LogP contribution is -2.35. The number of carbonyl (C=O) groups excluding carboxylic acids is 1. The molecule has 0 spiro atoms. The SMILES string of the molecule is CNc1cnc(C[C@@H]2CCCN(C(=O)COc3cccnc3)CC2)cn1. The van der Waals surface area contributed by atoms with Crippen LogP contribution in [0.5, 0.6) is 5.75 Å². The Morgan fingerprint density at radius 2 is 2.19 bits per heavy atom. The van der Waals surface area contributed by atoms with Gasteiger partial charge in [-0.2, -0.15) is 0 Å². The highest BCUT2D eigenvalue weighted by atomic mass is 16.5. The molecule has 1 saturated heterocycles. The summed E-state index contributed by atoms with van der Waals surface area (Å²) in [5, 5.41) is 2.98. The fourth-order valence-electron chi connectivity index (χ4n) is 3.17. The molecule has 138 valence electrons. The van der Waals surface area contributed by atoms with Gasteiger partial charge in [-0.1, -0.05) is 0 Å². The summed E-state index contributed by atoms with van der Waals surface area (Å²) >= 11 is 0. The molecule has 0 aromatic carbocycles. The molecule has 0 unspecified atom stereocenters. The van der Waals surface area contributed by atoms with Crippen molar-refractivity contribution in [1.29, 1.82) is 0 Å². The number of nitrogens with one attached hydrogen (secondary N) is 1. The van der Waals surface area contributed by atoms with E-state index in [0.29, 0.717) is 11.7 Å². The molecule has 0 radical (unpaired) electrons. The topological polar surface area (TPSA) is 80.2 Å². The van der Waals surface area contributed by atoms with E-state index in [0.717, 1.165) is 50.3 Å². The van der Waals surface area contributed by atoms with E-state index in [2.05, 4.69) is 20.3 Å². The minimum absolute atomic E-state index is 0.0349. The summed E-state index contributed by atoms with van der Waals surface area (Å²) in [6, 6.07) is 3.60. The zero-order valence-electron chi connectivity index (χ0n) is 15.1. The van der Waals surface area contributed by atoms with Gasteiger partial charge in [0.15, 0.2) is 6.61 Å². The van der Waals surface area contributed by atoms with Gasteiger partial charge in [0.2, 0.25) is 0 Å². The fourth-order valence-corrected chi connectivity index (χ4v) is 3.17. The molecule has 0 aliphatic carbocycles. The zero-order valence-corrected chi connectivity index (χ0v) is 15.1. The van der Waals surface area contributed by atoms with Crippen LogP contribution < -0.4 is 10.1 Å². The first-order valence-electron chi connectivity index (χ1n) is 9.04. The van der Waals surface area contributed by atoms with E-state index in [-0.39, 0.29) is 12.5 Å². The Balaban J connectivity index is 1.47. The van der Waals surface area contributed by atoms with Gasteiger partial charge in [0, 0.05) is 26.3 Å². The van der Waals surface area contributed by atoms with Gasteiger partial charge >= 0.3 is 0 Å². The number of pyridine rings is 1. The summed E-state index contributed by atoms with van der Waals surface area (Å²) in [7, 11) is 1.83. The van der Waals surface area contributed by atoms with Crippen LogP contribution >= 0.6 is 0 Å². The number of hydrogen-bond donors (Lipinski definition) is 1. The van der Waals surface area contributed by atoms with Gasteiger partial charge in [0.25, 0.3) is 5.91 Å². The molecule has 3 rings (SSSR count). The summed E-state index contributed by atoms with van der Waals surface area (Å²) in [6.07, 6.45) is 10.9. The van der Waals surface area contributed by atoms with E-state index in [1.54, 1.807) is 30.7 Å². The Morgan fingerprint density at radius 3 is 2.92 bits per heavy atom.